The fourth-order valence-electron chi connectivity index (χ4n) is 12.7. The smallest absolute Gasteiger partial charge is 0.338 e. The van der Waals surface area contributed by atoms with Crippen LogP contribution in [0.15, 0.2) is 18.2 Å². The zero-order chi connectivity index (χ0) is 34.4. The van der Waals surface area contributed by atoms with Crippen molar-refractivity contribution in [3.63, 3.8) is 0 Å². The molecule has 1 heterocycles. The Balaban J connectivity index is 1.44. The summed E-state index contributed by atoms with van der Waals surface area (Å²) in [6, 6.07) is 4.87. The van der Waals surface area contributed by atoms with Crippen LogP contribution < -0.4 is 9.47 Å². The number of ether oxygens (including phenoxy) is 8. The van der Waals surface area contributed by atoms with E-state index < -0.39 is 52.2 Å². The third-order valence-corrected chi connectivity index (χ3v) is 13.8. The second-order valence-electron chi connectivity index (χ2n) is 14.9. The molecule has 5 saturated carbocycles. The van der Waals surface area contributed by atoms with Crippen LogP contribution in [0.3, 0.4) is 0 Å². The Labute approximate surface area is 283 Å². The van der Waals surface area contributed by atoms with E-state index in [0.717, 1.165) is 6.54 Å². The molecule has 1 saturated heterocycles. The predicted molar refractivity (Wildman–Crippen MR) is 172 cm³/mol. The molecular formula is C36H53NO11. The van der Waals surface area contributed by atoms with Crippen molar-refractivity contribution in [1.29, 1.82) is 0 Å². The van der Waals surface area contributed by atoms with Gasteiger partial charge in [-0.15, -0.1) is 0 Å². The molecule has 5 aliphatic carbocycles. The molecule has 7 bridgehead atoms. The van der Waals surface area contributed by atoms with Crippen molar-refractivity contribution in [2.45, 2.75) is 80.9 Å². The van der Waals surface area contributed by atoms with Gasteiger partial charge in [-0.3, -0.25) is 4.90 Å². The molecule has 1 aromatic carbocycles. The SMILES string of the molecule is CCO[C@]12C[C@H](OC)[C@@]3(O)C[C@H]([C@@H]1[C@H]3OC(=O)c1ccc(OC)c(OC)c1)[C@@]13[C@@H](OC)C[C@@H](O)[C@@]4(COC)CN(CC)[C@@H]1[C@@H]2[C@H](OC)[C@H]43. The third kappa shape index (κ3) is 4.03. The molecule has 0 radical (unpaired) electrons. The van der Waals surface area contributed by atoms with Crippen molar-refractivity contribution < 1.29 is 52.9 Å². The van der Waals surface area contributed by atoms with Crippen LogP contribution in [-0.2, 0) is 28.4 Å². The number of piperidine rings is 1. The molecule has 1 aliphatic heterocycles. The van der Waals surface area contributed by atoms with Gasteiger partial charge in [0.15, 0.2) is 11.5 Å². The summed E-state index contributed by atoms with van der Waals surface area (Å²) in [5.41, 5.74) is -3.31. The van der Waals surface area contributed by atoms with E-state index in [4.69, 9.17) is 37.9 Å². The molecule has 12 heteroatoms. The van der Waals surface area contributed by atoms with Gasteiger partial charge < -0.3 is 48.1 Å². The first-order chi connectivity index (χ1) is 23.1. The number of carbonyl (C=O) groups is 1. The van der Waals surface area contributed by atoms with Gasteiger partial charge in [0.25, 0.3) is 0 Å². The summed E-state index contributed by atoms with van der Waals surface area (Å²) in [7, 11) is 9.84. The highest BCUT2D eigenvalue weighted by Crippen LogP contribution is 2.80. The van der Waals surface area contributed by atoms with Crippen LogP contribution in [0.2, 0.25) is 0 Å². The summed E-state index contributed by atoms with van der Waals surface area (Å²) < 4.78 is 49.7. The van der Waals surface area contributed by atoms with Crippen molar-refractivity contribution >= 4 is 5.97 Å². The van der Waals surface area contributed by atoms with Crippen molar-refractivity contribution in [3.05, 3.63) is 23.8 Å². The van der Waals surface area contributed by atoms with Crippen LogP contribution in [0.4, 0.5) is 0 Å². The molecule has 1 spiro atoms. The largest absolute Gasteiger partial charge is 0.493 e. The zero-order valence-electron chi connectivity index (χ0n) is 29.5. The fraction of sp³-hybridized carbons (Fsp3) is 0.806. The van der Waals surface area contributed by atoms with Crippen molar-refractivity contribution in [2.24, 2.45) is 34.5 Å². The molecule has 48 heavy (non-hydrogen) atoms. The molecule has 0 aromatic heterocycles. The Morgan fingerprint density at radius 2 is 1.69 bits per heavy atom. The van der Waals surface area contributed by atoms with Crippen LogP contribution in [0.25, 0.3) is 0 Å². The molecule has 14 atom stereocenters. The number of rotatable bonds is 12. The van der Waals surface area contributed by atoms with Crippen LogP contribution in [-0.4, -0.2) is 138 Å². The monoisotopic (exact) mass is 675 g/mol. The molecule has 2 N–H and O–H groups in total. The van der Waals surface area contributed by atoms with E-state index in [-0.39, 0.29) is 41.6 Å². The lowest BCUT2D eigenvalue weighted by molar-refractivity contribution is -0.304. The van der Waals surface area contributed by atoms with Crippen molar-refractivity contribution in [2.75, 3.05) is 69.0 Å². The number of carbonyl (C=O) groups excluding carboxylic acids is 1. The molecule has 268 valence electrons. The molecule has 12 nitrogen and oxygen atoms in total. The maximum Gasteiger partial charge on any atom is 0.338 e. The molecule has 6 aliphatic rings. The number of hydrogen-bond donors (Lipinski definition) is 2. The Morgan fingerprint density at radius 1 is 0.958 bits per heavy atom. The molecule has 7 rings (SSSR count). The number of benzene rings is 1. The number of nitrogens with zero attached hydrogens (tertiary/aromatic N) is 1. The van der Waals surface area contributed by atoms with Crippen LogP contribution in [0.1, 0.15) is 43.5 Å². The maximum atomic E-state index is 14.1. The fourth-order valence-corrected chi connectivity index (χ4v) is 12.7. The summed E-state index contributed by atoms with van der Waals surface area (Å²) >= 11 is 0. The highest BCUT2D eigenvalue weighted by atomic mass is 16.6. The number of fused-ring (bicyclic) bond motifs is 2. The quantitative estimate of drug-likeness (QED) is 0.315. The minimum atomic E-state index is -1.50. The highest BCUT2D eigenvalue weighted by Gasteiger charge is 2.90. The summed E-state index contributed by atoms with van der Waals surface area (Å²) in [5.74, 6) is -0.656. The molecule has 1 aromatic rings. The standard InChI is InChI=1S/C36H53NO11/c1-9-37-17-33(18-41-3)23(38)14-24(44-6)36-20-15-34(40)25(45-7)16-35(47-10-2,27(30(36)37)28(46-8)29(33)36)26(20)31(34)48-32(39)19-11-12-21(42-4)22(13-19)43-5/h11-13,20,23-31,38,40H,9-10,14-18H2,1-8H3/t20-,23-,24+,25+,26-,27+,28+,29-,30-,31-,33+,34+,35-,36+/m1/s1. The van der Waals surface area contributed by atoms with Crippen LogP contribution in [0, 0.1) is 34.5 Å². The van der Waals surface area contributed by atoms with Crippen molar-refractivity contribution in [3.8, 4) is 11.5 Å². The second kappa shape index (κ2) is 12.0. The van der Waals surface area contributed by atoms with Crippen LogP contribution >= 0.6 is 0 Å². The Kier molecular flexibility index (Phi) is 8.64. The van der Waals surface area contributed by atoms with E-state index in [2.05, 4.69) is 11.8 Å². The average molecular weight is 676 g/mol. The predicted octanol–water partition coefficient (Wildman–Crippen LogP) is 2.17. The van der Waals surface area contributed by atoms with E-state index in [1.54, 1.807) is 46.6 Å². The van der Waals surface area contributed by atoms with Gasteiger partial charge >= 0.3 is 5.97 Å². The molecule has 0 unspecified atom stereocenters. The van der Waals surface area contributed by atoms with Gasteiger partial charge in [-0.05, 0) is 44.0 Å². The van der Waals surface area contributed by atoms with Gasteiger partial charge in [0.2, 0.25) is 0 Å². The first-order valence-corrected chi connectivity index (χ1v) is 17.4. The first-order valence-electron chi connectivity index (χ1n) is 17.4. The van der Waals surface area contributed by atoms with Crippen molar-refractivity contribution in [1.82, 2.24) is 4.90 Å². The summed E-state index contributed by atoms with van der Waals surface area (Å²) in [6.07, 6.45) is -1.81. The lowest BCUT2D eigenvalue weighted by atomic mass is 9.42. The summed E-state index contributed by atoms with van der Waals surface area (Å²) in [6.45, 7) is 6.32. The topological polar surface area (TPSA) is 135 Å². The molecule has 0 amide bonds. The number of esters is 1. The summed E-state index contributed by atoms with van der Waals surface area (Å²) in [5, 5.41) is 25.0. The highest BCUT2D eigenvalue weighted by molar-refractivity contribution is 5.90. The van der Waals surface area contributed by atoms with Gasteiger partial charge in [0.05, 0.1) is 56.4 Å². The number of likely N-dealkylation sites (tertiary alicyclic amines) is 1. The van der Waals surface area contributed by atoms with Gasteiger partial charge in [-0.1, -0.05) is 6.92 Å². The van der Waals surface area contributed by atoms with Crippen LogP contribution in [0.5, 0.6) is 11.5 Å². The number of aliphatic hydroxyl groups is 2. The number of methoxy groups -OCH3 is 6. The van der Waals surface area contributed by atoms with E-state index in [1.807, 2.05) is 6.92 Å². The maximum absolute atomic E-state index is 14.1. The number of hydrogen-bond acceptors (Lipinski definition) is 12. The summed E-state index contributed by atoms with van der Waals surface area (Å²) in [4.78, 5) is 16.6. The zero-order valence-corrected chi connectivity index (χ0v) is 29.5. The van der Waals surface area contributed by atoms with E-state index in [0.29, 0.717) is 50.5 Å². The van der Waals surface area contributed by atoms with E-state index in [1.165, 1.54) is 14.2 Å². The molecular weight excluding hydrogens is 622 g/mol. The van der Waals surface area contributed by atoms with Gasteiger partial charge in [-0.25, -0.2) is 4.79 Å². The Morgan fingerprint density at radius 3 is 2.29 bits per heavy atom. The number of aliphatic hydroxyl groups excluding tert-OH is 1. The van der Waals surface area contributed by atoms with Gasteiger partial charge in [0.1, 0.15) is 11.7 Å². The Bertz CT molecular complexity index is 1400. The van der Waals surface area contributed by atoms with Gasteiger partial charge in [0, 0.05) is 89.1 Å². The third-order valence-electron chi connectivity index (χ3n) is 13.8. The lowest BCUT2D eigenvalue weighted by Crippen LogP contribution is -2.79. The normalized spacial score (nSPS) is 46.8. The minimum absolute atomic E-state index is 0.0344. The lowest BCUT2D eigenvalue weighted by Gasteiger charge is -2.70. The second-order valence-corrected chi connectivity index (χ2v) is 14.9. The minimum Gasteiger partial charge on any atom is -0.493 e. The Hall–Kier alpha value is -2.03. The first kappa shape index (κ1) is 34.4. The molecule has 6 fully saturated rings. The average Bonchev–Trinajstić information content (AvgIpc) is 3.46. The van der Waals surface area contributed by atoms with Gasteiger partial charge in [-0.2, -0.15) is 0 Å². The van der Waals surface area contributed by atoms with E-state index in [9.17, 15) is 15.0 Å². The van der Waals surface area contributed by atoms with E-state index >= 15 is 0 Å².